The predicted molar refractivity (Wildman–Crippen MR) is 73.1 cm³/mol. The van der Waals surface area contributed by atoms with Crippen LogP contribution in [0.2, 0.25) is 0 Å². The maximum Gasteiger partial charge on any atom is 0.0950 e. The number of aryl methyl sites for hydroxylation is 1. The number of nitrogens with zero attached hydrogens (tertiary/aromatic N) is 3. The number of nitriles is 1. The quantitative estimate of drug-likeness (QED) is 0.813. The second-order valence-corrected chi connectivity index (χ2v) is 5.04. The molecule has 3 heteroatoms. The molecular weight excluding hydrogens is 222 g/mol. The Kier molecular flexibility index (Phi) is 4.35. The fourth-order valence-corrected chi connectivity index (χ4v) is 2.42. The highest BCUT2D eigenvalue weighted by Crippen LogP contribution is 2.13. The van der Waals surface area contributed by atoms with Crippen LogP contribution in [0.4, 0.5) is 0 Å². The highest BCUT2D eigenvalue weighted by Gasteiger charge is 2.20. The average molecular weight is 243 g/mol. The lowest BCUT2D eigenvalue weighted by Gasteiger charge is -2.36. The summed E-state index contributed by atoms with van der Waals surface area (Å²) < 4.78 is 0. The van der Waals surface area contributed by atoms with Crippen LogP contribution in [0.1, 0.15) is 18.1 Å². The molecule has 2 rings (SSSR count). The molecule has 0 bridgehead atoms. The van der Waals surface area contributed by atoms with Gasteiger partial charge in [-0.3, -0.25) is 9.80 Å². The maximum absolute atomic E-state index is 8.92. The lowest BCUT2D eigenvalue weighted by molar-refractivity contribution is 0.114. The summed E-state index contributed by atoms with van der Waals surface area (Å²) in [5, 5.41) is 8.92. The van der Waals surface area contributed by atoms with Crippen LogP contribution in [-0.2, 0) is 6.54 Å². The van der Waals surface area contributed by atoms with E-state index in [1.807, 2.05) is 6.92 Å². The summed E-state index contributed by atoms with van der Waals surface area (Å²) in [6.07, 6.45) is 0. The number of benzene rings is 1. The van der Waals surface area contributed by atoms with Crippen LogP contribution >= 0.6 is 0 Å². The van der Waals surface area contributed by atoms with Crippen LogP contribution in [0.25, 0.3) is 0 Å². The standard InChI is InChI=1S/C15H21N3/c1-13-5-3-4-6-15(13)12-17-7-9-18(10-8-17)14(2)11-16/h3-6,14H,7-10,12H2,1-2H3/t14-/m1/s1. The van der Waals surface area contributed by atoms with E-state index in [1.165, 1.54) is 11.1 Å². The fraction of sp³-hybridized carbons (Fsp3) is 0.533. The molecule has 0 saturated carbocycles. The molecule has 1 heterocycles. The Bertz CT molecular complexity index is 428. The maximum atomic E-state index is 8.92. The van der Waals surface area contributed by atoms with Crippen molar-refractivity contribution in [1.82, 2.24) is 9.80 Å². The smallest absolute Gasteiger partial charge is 0.0950 e. The average Bonchev–Trinajstić information content (AvgIpc) is 2.41. The van der Waals surface area contributed by atoms with Gasteiger partial charge in [0.15, 0.2) is 0 Å². The van der Waals surface area contributed by atoms with Gasteiger partial charge in [-0.1, -0.05) is 24.3 Å². The first-order chi connectivity index (χ1) is 8.70. The van der Waals surface area contributed by atoms with E-state index in [-0.39, 0.29) is 6.04 Å². The molecular formula is C15H21N3. The van der Waals surface area contributed by atoms with Crippen molar-refractivity contribution < 1.29 is 0 Å². The van der Waals surface area contributed by atoms with Gasteiger partial charge in [0.2, 0.25) is 0 Å². The zero-order valence-corrected chi connectivity index (χ0v) is 11.3. The van der Waals surface area contributed by atoms with Gasteiger partial charge in [-0.05, 0) is 25.0 Å². The molecule has 1 aliphatic rings. The van der Waals surface area contributed by atoms with E-state index in [2.05, 4.69) is 47.1 Å². The number of hydrogen-bond acceptors (Lipinski definition) is 3. The van der Waals surface area contributed by atoms with Crippen LogP contribution in [0, 0.1) is 18.3 Å². The third-order valence-corrected chi connectivity index (χ3v) is 3.80. The molecule has 3 nitrogen and oxygen atoms in total. The summed E-state index contributed by atoms with van der Waals surface area (Å²) >= 11 is 0. The SMILES string of the molecule is Cc1ccccc1CN1CCN([C@H](C)C#N)CC1. The monoisotopic (exact) mass is 243 g/mol. The van der Waals surface area contributed by atoms with Crippen molar-refractivity contribution in [3.05, 3.63) is 35.4 Å². The third kappa shape index (κ3) is 3.10. The van der Waals surface area contributed by atoms with E-state index in [9.17, 15) is 0 Å². The molecule has 1 atom stereocenters. The third-order valence-electron chi connectivity index (χ3n) is 3.80. The normalized spacial score (nSPS) is 19.4. The van der Waals surface area contributed by atoms with Crippen LogP contribution in [0.5, 0.6) is 0 Å². The number of rotatable bonds is 3. The number of hydrogen-bond donors (Lipinski definition) is 0. The first-order valence-corrected chi connectivity index (χ1v) is 6.61. The second-order valence-electron chi connectivity index (χ2n) is 5.04. The Morgan fingerprint density at radius 3 is 2.50 bits per heavy atom. The fourth-order valence-electron chi connectivity index (χ4n) is 2.42. The summed E-state index contributed by atoms with van der Waals surface area (Å²) in [5.41, 5.74) is 2.78. The Morgan fingerprint density at radius 1 is 1.22 bits per heavy atom. The first-order valence-electron chi connectivity index (χ1n) is 6.61. The van der Waals surface area contributed by atoms with Gasteiger partial charge >= 0.3 is 0 Å². The zero-order valence-electron chi connectivity index (χ0n) is 11.3. The molecule has 0 N–H and O–H groups in total. The summed E-state index contributed by atoms with van der Waals surface area (Å²) in [6, 6.07) is 10.9. The first kappa shape index (κ1) is 13.1. The van der Waals surface area contributed by atoms with E-state index in [0.29, 0.717) is 0 Å². The number of piperazine rings is 1. The highest BCUT2D eigenvalue weighted by atomic mass is 15.3. The molecule has 1 fully saturated rings. The van der Waals surface area contributed by atoms with E-state index in [4.69, 9.17) is 5.26 Å². The molecule has 1 saturated heterocycles. The minimum Gasteiger partial charge on any atom is -0.297 e. The van der Waals surface area contributed by atoms with Gasteiger partial charge in [0.05, 0.1) is 12.1 Å². The minimum atomic E-state index is 0.0469. The van der Waals surface area contributed by atoms with Crippen LogP contribution in [-0.4, -0.2) is 42.0 Å². The molecule has 1 aromatic carbocycles. The van der Waals surface area contributed by atoms with Crippen molar-refractivity contribution in [3.63, 3.8) is 0 Å². The molecule has 1 aliphatic heterocycles. The van der Waals surface area contributed by atoms with Gasteiger partial charge in [-0.15, -0.1) is 0 Å². The van der Waals surface area contributed by atoms with E-state index in [0.717, 1.165) is 32.7 Å². The van der Waals surface area contributed by atoms with E-state index < -0.39 is 0 Å². The summed E-state index contributed by atoms with van der Waals surface area (Å²) in [7, 11) is 0. The van der Waals surface area contributed by atoms with Crippen LogP contribution in [0.15, 0.2) is 24.3 Å². The molecule has 96 valence electrons. The zero-order chi connectivity index (χ0) is 13.0. The van der Waals surface area contributed by atoms with Crippen molar-refractivity contribution in [1.29, 1.82) is 5.26 Å². The highest BCUT2D eigenvalue weighted by molar-refractivity contribution is 5.25. The van der Waals surface area contributed by atoms with Gasteiger partial charge in [0.1, 0.15) is 0 Å². The Labute approximate surface area is 110 Å². The van der Waals surface area contributed by atoms with Crippen molar-refractivity contribution >= 4 is 0 Å². The molecule has 0 radical (unpaired) electrons. The van der Waals surface area contributed by atoms with E-state index >= 15 is 0 Å². The molecule has 18 heavy (non-hydrogen) atoms. The molecule has 0 spiro atoms. The summed E-state index contributed by atoms with van der Waals surface area (Å²) in [5.74, 6) is 0. The summed E-state index contributed by atoms with van der Waals surface area (Å²) in [4.78, 5) is 4.73. The van der Waals surface area contributed by atoms with E-state index in [1.54, 1.807) is 0 Å². The van der Waals surface area contributed by atoms with Gasteiger partial charge in [0, 0.05) is 32.7 Å². The molecule has 0 amide bonds. The summed E-state index contributed by atoms with van der Waals surface area (Å²) in [6.45, 7) is 9.30. The Balaban J connectivity index is 1.88. The Morgan fingerprint density at radius 2 is 1.89 bits per heavy atom. The lowest BCUT2D eigenvalue weighted by Crippen LogP contribution is -2.48. The second kappa shape index (κ2) is 5.99. The lowest BCUT2D eigenvalue weighted by atomic mass is 10.1. The molecule has 0 aliphatic carbocycles. The minimum absolute atomic E-state index is 0.0469. The predicted octanol–water partition coefficient (Wildman–Crippen LogP) is 2.02. The van der Waals surface area contributed by atoms with Gasteiger partial charge in [-0.2, -0.15) is 5.26 Å². The molecule has 1 aromatic rings. The van der Waals surface area contributed by atoms with Crippen molar-refractivity contribution in [3.8, 4) is 6.07 Å². The van der Waals surface area contributed by atoms with Crippen LogP contribution in [0.3, 0.4) is 0 Å². The van der Waals surface area contributed by atoms with Gasteiger partial charge in [-0.25, -0.2) is 0 Å². The van der Waals surface area contributed by atoms with Crippen molar-refractivity contribution in [2.45, 2.75) is 26.4 Å². The van der Waals surface area contributed by atoms with Gasteiger partial charge < -0.3 is 0 Å². The van der Waals surface area contributed by atoms with Gasteiger partial charge in [0.25, 0.3) is 0 Å². The molecule has 0 unspecified atom stereocenters. The topological polar surface area (TPSA) is 30.3 Å². The Hall–Kier alpha value is -1.37. The van der Waals surface area contributed by atoms with Crippen LogP contribution < -0.4 is 0 Å². The van der Waals surface area contributed by atoms with Crippen molar-refractivity contribution in [2.75, 3.05) is 26.2 Å². The van der Waals surface area contributed by atoms with Crippen molar-refractivity contribution in [2.24, 2.45) is 0 Å². The largest absolute Gasteiger partial charge is 0.297 e. The molecule has 0 aromatic heterocycles.